The Labute approximate surface area is 143 Å². The van der Waals surface area contributed by atoms with E-state index in [1.54, 1.807) is 6.20 Å². The number of piperidine rings is 2. The van der Waals surface area contributed by atoms with Crippen LogP contribution in [0.3, 0.4) is 0 Å². The molecular formula is C17H27N5O2. The fourth-order valence-corrected chi connectivity index (χ4v) is 3.86. The van der Waals surface area contributed by atoms with Crippen molar-refractivity contribution in [2.45, 2.75) is 38.1 Å². The van der Waals surface area contributed by atoms with Crippen LogP contribution in [0.15, 0.2) is 12.3 Å². The molecule has 0 spiro atoms. The molecule has 0 aromatic carbocycles. The van der Waals surface area contributed by atoms with E-state index in [-0.39, 0.29) is 12.5 Å². The number of nitrogens with zero attached hydrogens (tertiary/aromatic N) is 4. The van der Waals surface area contributed by atoms with Gasteiger partial charge in [0, 0.05) is 51.9 Å². The van der Waals surface area contributed by atoms with Crippen molar-refractivity contribution in [2.24, 2.45) is 5.92 Å². The highest BCUT2D eigenvalue weighted by atomic mass is 16.3. The molecule has 0 aliphatic carbocycles. The van der Waals surface area contributed by atoms with Crippen molar-refractivity contribution in [3.8, 4) is 0 Å². The molecule has 2 atom stereocenters. The van der Waals surface area contributed by atoms with Crippen LogP contribution in [0.1, 0.15) is 32.1 Å². The highest BCUT2D eigenvalue weighted by Crippen LogP contribution is 2.32. The number of aromatic nitrogens is 2. The number of anilines is 2. The summed E-state index contributed by atoms with van der Waals surface area (Å²) in [6.07, 6.45) is 5.96. The van der Waals surface area contributed by atoms with Gasteiger partial charge in [-0.25, -0.2) is 4.98 Å². The van der Waals surface area contributed by atoms with Gasteiger partial charge < -0.3 is 20.2 Å². The first-order valence-electron chi connectivity index (χ1n) is 8.89. The van der Waals surface area contributed by atoms with Crippen molar-refractivity contribution in [1.29, 1.82) is 0 Å². The van der Waals surface area contributed by atoms with Crippen LogP contribution in [-0.4, -0.2) is 65.2 Å². The first kappa shape index (κ1) is 17.0. The molecular weight excluding hydrogens is 306 g/mol. The van der Waals surface area contributed by atoms with Crippen LogP contribution in [0.4, 0.5) is 11.8 Å². The number of amides is 1. The summed E-state index contributed by atoms with van der Waals surface area (Å²) in [5, 5.41) is 12.0. The standard InChI is InChI=1S/C17H27N5O2/c1-18-15-6-8-19-17(20-15)21-10-7-14-13(12-21)4-5-16(24)22(14)9-2-3-11-23/h6,8,13-14,23H,2-5,7,9-12H2,1H3,(H,18,19,20)/t13-,14+/m0/s1. The molecule has 0 radical (unpaired) electrons. The van der Waals surface area contributed by atoms with E-state index in [4.69, 9.17) is 5.11 Å². The number of carbonyl (C=O) groups is 1. The topological polar surface area (TPSA) is 81.6 Å². The lowest BCUT2D eigenvalue weighted by molar-refractivity contribution is -0.139. The second-order valence-electron chi connectivity index (χ2n) is 6.61. The van der Waals surface area contributed by atoms with Gasteiger partial charge >= 0.3 is 0 Å². The lowest BCUT2D eigenvalue weighted by Crippen LogP contribution is -2.56. The third kappa shape index (κ3) is 3.61. The number of nitrogens with one attached hydrogen (secondary N) is 1. The maximum absolute atomic E-state index is 12.3. The van der Waals surface area contributed by atoms with Crippen LogP contribution >= 0.6 is 0 Å². The van der Waals surface area contributed by atoms with E-state index in [9.17, 15) is 4.79 Å². The van der Waals surface area contributed by atoms with E-state index in [0.717, 1.165) is 57.1 Å². The van der Waals surface area contributed by atoms with E-state index in [0.29, 0.717) is 18.4 Å². The molecule has 1 amide bonds. The van der Waals surface area contributed by atoms with Crippen molar-refractivity contribution in [3.05, 3.63) is 12.3 Å². The van der Waals surface area contributed by atoms with E-state index < -0.39 is 0 Å². The number of aliphatic hydroxyl groups excluding tert-OH is 1. The summed E-state index contributed by atoms with van der Waals surface area (Å²) >= 11 is 0. The van der Waals surface area contributed by atoms with Gasteiger partial charge in [-0.15, -0.1) is 0 Å². The number of fused-ring (bicyclic) bond motifs is 1. The zero-order valence-corrected chi connectivity index (χ0v) is 14.3. The minimum absolute atomic E-state index is 0.197. The molecule has 3 rings (SSSR count). The second kappa shape index (κ2) is 7.79. The molecule has 7 nitrogen and oxygen atoms in total. The lowest BCUT2D eigenvalue weighted by Gasteiger charge is -2.47. The van der Waals surface area contributed by atoms with Crippen molar-refractivity contribution in [2.75, 3.05) is 43.5 Å². The van der Waals surface area contributed by atoms with Crippen LogP contribution < -0.4 is 10.2 Å². The monoisotopic (exact) mass is 333 g/mol. The maximum atomic E-state index is 12.3. The molecule has 24 heavy (non-hydrogen) atoms. The predicted molar refractivity (Wildman–Crippen MR) is 93.0 cm³/mol. The zero-order valence-electron chi connectivity index (χ0n) is 14.3. The smallest absolute Gasteiger partial charge is 0.227 e. The number of rotatable bonds is 6. The molecule has 1 aromatic rings. The fraction of sp³-hybridized carbons (Fsp3) is 0.706. The van der Waals surface area contributed by atoms with Gasteiger partial charge in [-0.3, -0.25) is 4.79 Å². The third-order valence-corrected chi connectivity index (χ3v) is 5.13. The van der Waals surface area contributed by atoms with E-state index >= 15 is 0 Å². The number of aliphatic hydroxyl groups is 1. The molecule has 132 valence electrons. The molecule has 2 saturated heterocycles. The highest BCUT2D eigenvalue weighted by Gasteiger charge is 2.39. The van der Waals surface area contributed by atoms with Gasteiger partial charge in [0.05, 0.1) is 0 Å². The van der Waals surface area contributed by atoms with E-state index in [1.807, 2.05) is 13.1 Å². The van der Waals surface area contributed by atoms with Crippen LogP contribution in [-0.2, 0) is 4.79 Å². The number of hydrogen-bond donors (Lipinski definition) is 2. The second-order valence-corrected chi connectivity index (χ2v) is 6.61. The minimum Gasteiger partial charge on any atom is -0.396 e. The number of hydrogen-bond acceptors (Lipinski definition) is 6. The maximum Gasteiger partial charge on any atom is 0.227 e. The first-order valence-corrected chi connectivity index (χ1v) is 8.89. The quantitative estimate of drug-likeness (QED) is 0.759. The Morgan fingerprint density at radius 2 is 2.25 bits per heavy atom. The molecule has 0 bridgehead atoms. The lowest BCUT2D eigenvalue weighted by atomic mass is 9.83. The predicted octanol–water partition coefficient (Wildman–Crippen LogP) is 1.11. The Balaban J connectivity index is 1.66. The molecule has 2 N–H and O–H groups in total. The van der Waals surface area contributed by atoms with Gasteiger partial charge in [0.1, 0.15) is 5.82 Å². The van der Waals surface area contributed by atoms with Crippen molar-refractivity contribution >= 4 is 17.7 Å². The molecule has 0 saturated carbocycles. The van der Waals surface area contributed by atoms with Gasteiger partial charge in [-0.1, -0.05) is 0 Å². The van der Waals surface area contributed by atoms with E-state index in [1.165, 1.54) is 0 Å². The fourth-order valence-electron chi connectivity index (χ4n) is 3.86. The van der Waals surface area contributed by atoms with Crippen LogP contribution in [0.2, 0.25) is 0 Å². The summed E-state index contributed by atoms with van der Waals surface area (Å²) in [6, 6.07) is 2.19. The average Bonchev–Trinajstić information content (AvgIpc) is 2.63. The molecule has 2 aliphatic heterocycles. The molecule has 1 aromatic heterocycles. The Kier molecular flexibility index (Phi) is 5.50. The summed E-state index contributed by atoms with van der Waals surface area (Å²) in [6.45, 7) is 2.75. The van der Waals surface area contributed by atoms with Crippen molar-refractivity contribution in [1.82, 2.24) is 14.9 Å². The number of unbranched alkanes of at least 4 members (excludes halogenated alkanes) is 1. The van der Waals surface area contributed by atoms with Gasteiger partial charge in [-0.2, -0.15) is 4.98 Å². The molecule has 0 unspecified atom stereocenters. The molecule has 2 aliphatic rings. The number of carbonyl (C=O) groups excluding carboxylic acids is 1. The SMILES string of the molecule is CNc1ccnc(N2CC[C@@H]3[C@@H](CCC(=O)N3CCCCO)C2)n1. The zero-order chi connectivity index (χ0) is 16.9. The normalized spacial score (nSPS) is 24.0. The summed E-state index contributed by atoms with van der Waals surface area (Å²) in [7, 11) is 1.86. The molecule has 2 fully saturated rings. The van der Waals surface area contributed by atoms with Gasteiger partial charge in [0.25, 0.3) is 0 Å². The third-order valence-electron chi connectivity index (χ3n) is 5.13. The van der Waals surface area contributed by atoms with Crippen LogP contribution in [0.5, 0.6) is 0 Å². The van der Waals surface area contributed by atoms with Gasteiger partial charge in [0.15, 0.2) is 0 Å². The summed E-state index contributed by atoms with van der Waals surface area (Å²) in [4.78, 5) is 25.5. The highest BCUT2D eigenvalue weighted by molar-refractivity contribution is 5.77. The van der Waals surface area contributed by atoms with Gasteiger partial charge in [0.2, 0.25) is 11.9 Å². The summed E-state index contributed by atoms with van der Waals surface area (Å²) in [5.41, 5.74) is 0. The molecule has 3 heterocycles. The Morgan fingerprint density at radius 1 is 1.38 bits per heavy atom. The van der Waals surface area contributed by atoms with Crippen LogP contribution in [0.25, 0.3) is 0 Å². The average molecular weight is 333 g/mol. The summed E-state index contributed by atoms with van der Waals surface area (Å²) < 4.78 is 0. The van der Waals surface area contributed by atoms with Gasteiger partial charge in [-0.05, 0) is 37.7 Å². The minimum atomic E-state index is 0.197. The Morgan fingerprint density at radius 3 is 3.04 bits per heavy atom. The molecule has 7 heteroatoms. The van der Waals surface area contributed by atoms with E-state index in [2.05, 4.69) is 25.1 Å². The first-order chi connectivity index (χ1) is 11.7. The Hall–Kier alpha value is -1.89. The van der Waals surface area contributed by atoms with Crippen molar-refractivity contribution < 1.29 is 9.90 Å². The number of likely N-dealkylation sites (tertiary alicyclic amines) is 1. The largest absolute Gasteiger partial charge is 0.396 e. The Bertz CT molecular complexity index is 568. The van der Waals surface area contributed by atoms with Crippen LogP contribution in [0, 0.1) is 5.92 Å². The van der Waals surface area contributed by atoms with Crippen molar-refractivity contribution in [3.63, 3.8) is 0 Å². The summed E-state index contributed by atoms with van der Waals surface area (Å²) in [5.74, 6) is 2.35.